The minimum Gasteiger partial charge on any atom is -0.390 e. The molecule has 2 aliphatic rings. The topological polar surface area (TPSA) is 175 Å². The molecule has 1 aliphatic heterocycles. The van der Waals surface area contributed by atoms with Crippen LogP contribution in [0.5, 0.6) is 6.01 Å². The van der Waals surface area contributed by atoms with Gasteiger partial charge >= 0.3 is 12.0 Å². The second-order valence-corrected chi connectivity index (χ2v) is 13.0. The highest BCUT2D eigenvalue weighted by atomic mass is 79.9. The van der Waals surface area contributed by atoms with Gasteiger partial charge in [-0.2, -0.15) is 5.10 Å². The number of hydrogen-bond acceptors (Lipinski definition) is 10. The van der Waals surface area contributed by atoms with Gasteiger partial charge < -0.3 is 20.7 Å². The van der Waals surface area contributed by atoms with Crippen LogP contribution in [0.1, 0.15) is 43.2 Å². The molecule has 4 heterocycles. The fourth-order valence-corrected chi connectivity index (χ4v) is 6.10. The Labute approximate surface area is 273 Å². The van der Waals surface area contributed by atoms with Crippen molar-refractivity contribution < 1.29 is 23.9 Å². The molecule has 13 nitrogen and oxygen atoms in total. The number of rotatable bonds is 9. The van der Waals surface area contributed by atoms with Crippen LogP contribution in [0.2, 0.25) is 0 Å². The summed E-state index contributed by atoms with van der Waals surface area (Å²) in [4.78, 5) is 66.2. The molecule has 1 saturated carbocycles. The number of nitrogens with zero attached hydrogens (tertiary/aromatic N) is 6. The van der Waals surface area contributed by atoms with E-state index in [1.54, 1.807) is 23.1 Å². The molecular formula is C32H33BrN8O5. The van der Waals surface area contributed by atoms with E-state index in [2.05, 4.69) is 41.3 Å². The number of ketones is 1. The predicted molar refractivity (Wildman–Crippen MR) is 172 cm³/mol. The number of aryl methyl sites for hydroxylation is 1. The van der Waals surface area contributed by atoms with Crippen LogP contribution in [-0.2, 0) is 20.9 Å². The fourth-order valence-electron chi connectivity index (χ4n) is 5.79. The van der Waals surface area contributed by atoms with Crippen molar-refractivity contribution in [2.45, 2.75) is 52.7 Å². The number of anilines is 1. The molecule has 238 valence electrons. The molecular weight excluding hydrogens is 656 g/mol. The van der Waals surface area contributed by atoms with E-state index >= 15 is 0 Å². The molecule has 1 aromatic carbocycles. The van der Waals surface area contributed by atoms with Crippen molar-refractivity contribution in [2.75, 3.05) is 11.9 Å². The van der Waals surface area contributed by atoms with Crippen LogP contribution in [-0.4, -0.2) is 71.8 Å². The molecule has 0 unspecified atom stereocenters. The Morgan fingerprint density at radius 2 is 1.85 bits per heavy atom. The van der Waals surface area contributed by atoms with Crippen LogP contribution in [0.25, 0.3) is 22.0 Å². The van der Waals surface area contributed by atoms with Crippen molar-refractivity contribution in [3.8, 4) is 17.1 Å². The summed E-state index contributed by atoms with van der Waals surface area (Å²) in [5, 5.41) is 7.98. The highest BCUT2D eigenvalue weighted by molar-refractivity contribution is 9.10. The first-order chi connectivity index (χ1) is 21.9. The SMILES string of the molecule is CC(=O)c1nn(CC(=O)N2C[C@H]3C[C@H]3[C@H]2C(=O)Nc2nc(Br)ccc2C)c2ccc(-c3cnc(OC(=O)[C@@H](N)C(C)C)nc3)cc12. The zero-order chi connectivity index (χ0) is 32.9. The monoisotopic (exact) mass is 688 g/mol. The maximum absolute atomic E-state index is 13.7. The number of esters is 1. The van der Waals surface area contributed by atoms with Gasteiger partial charge in [-0.1, -0.05) is 26.0 Å². The summed E-state index contributed by atoms with van der Waals surface area (Å²) in [6, 6.07) is 7.51. The van der Waals surface area contributed by atoms with Gasteiger partial charge in [-0.15, -0.1) is 0 Å². The number of carbonyl (C=O) groups is 4. The van der Waals surface area contributed by atoms with Crippen LogP contribution >= 0.6 is 15.9 Å². The standard InChI is InChI=1S/C32H33BrN8O5/c1-15(2)26(34)31(45)46-32-35-11-20(12-36-32)18-6-7-23-22(9-18)27(17(4)42)39-41(23)14-25(43)40-13-19-10-21(19)28(40)30(44)38-29-16(3)5-8-24(33)37-29/h5-9,11-12,15,19,21,26,28H,10,13-14,34H2,1-4H3,(H,37,38,44)/t19-,21-,26+,28+/m1/s1. The lowest BCUT2D eigenvalue weighted by Gasteiger charge is -2.27. The van der Waals surface area contributed by atoms with E-state index in [-0.39, 0.29) is 53.6 Å². The molecule has 3 N–H and O–H groups in total. The summed E-state index contributed by atoms with van der Waals surface area (Å²) in [5.41, 5.74) is 8.79. The number of hydrogen-bond donors (Lipinski definition) is 2. The van der Waals surface area contributed by atoms with E-state index in [1.165, 1.54) is 24.0 Å². The number of nitrogens with two attached hydrogens (primary N) is 1. The molecule has 1 aliphatic carbocycles. The smallest absolute Gasteiger partial charge is 0.330 e. The lowest BCUT2D eigenvalue weighted by atomic mass is 10.0. The largest absolute Gasteiger partial charge is 0.390 e. The van der Waals surface area contributed by atoms with Crippen molar-refractivity contribution in [3.63, 3.8) is 0 Å². The quantitative estimate of drug-likeness (QED) is 0.150. The number of ether oxygens (including phenoxy) is 1. The molecule has 0 spiro atoms. The van der Waals surface area contributed by atoms with Crippen LogP contribution in [0.3, 0.4) is 0 Å². The van der Waals surface area contributed by atoms with Gasteiger partial charge in [-0.25, -0.2) is 19.7 Å². The average Bonchev–Trinajstić information content (AvgIpc) is 3.53. The maximum atomic E-state index is 13.7. The summed E-state index contributed by atoms with van der Waals surface area (Å²) in [6.45, 7) is 7.26. The maximum Gasteiger partial charge on any atom is 0.330 e. The Bertz CT molecular complexity index is 1870. The first kappa shape index (κ1) is 31.4. The van der Waals surface area contributed by atoms with E-state index in [0.29, 0.717) is 39.0 Å². The van der Waals surface area contributed by atoms with Gasteiger partial charge in [0.15, 0.2) is 5.78 Å². The third-order valence-corrected chi connectivity index (χ3v) is 9.00. The van der Waals surface area contributed by atoms with Crippen molar-refractivity contribution in [3.05, 3.63) is 58.6 Å². The first-order valence-corrected chi connectivity index (χ1v) is 15.7. The first-order valence-electron chi connectivity index (χ1n) is 15.0. The lowest BCUT2D eigenvalue weighted by Crippen LogP contribution is -2.47. The molecule has 2 amide bonds. The molecule has 2 fully saturated rings. The number of likely N-dealkylation sites (tertiary alicyclic amines) is 1. The fraction of sp³-hybridized carbons (Fsp3) is 0.375. The summed E-state index contributed by atoms with van der Waals surface area (Å²) in [5.74, 6) is -0.668. The molecule has 46 heavy (non-hydrogen) atoms. The summed E-state index contributed by atoms with van der Waals surface area (Å²) in [7, 11) is 0. The highest BCUT2D eigenvalue weighted by Crippen LogP contribution is 2.50. The van der Waals surface area contributed by atoms with Gasteiger partial charge in [0.05, 0.1) is 5.52 Å². The third-order valence-electron chi connectivity index (χ3n) is 8.56. The third kappa shape index (κ3) is 6.14. The molecule has 0 radical (unpaired) electrons. The normalized spacial score (nSPS) is 19.2. The van der Waals surface area contributed by atoms with Crippen LogP contribution in [0.4, 0.5) is 5.82 Å². The number of halogens is 1. The summed E-state index contributed by atoms with van der Waals surface area (Å²) < 4.78 is 7.30. The van der Waals surface area contributed by atoms with E-state index in [4.69, 9.17) is 10.5 Å². The van der Waals surface area contributed by atoms with Gasteiger partial charge in [0.1, 0.15) is 34.7 Å². The van der Waals surface area contributed by atoms with E-state index in [9.17, 15) is 19.2 Å². The van der Waals surface area contributed by atoms with Crippen LogP contribution < -0.4 is 15.8 Å². The number of piperidine rings is 1. The van der Waals surface area contributed by atoms with Crippen LogP contribution in [0, 0.1) is 24.7 Å². The van der Waals surface area contributed by atoms with Gasteiger partial charge in [-0.05, 0) is 76.4 Å². The predicted octanol–water partition coefficient (Wildman–Crippen LogP) is 3.54. The molecule has 0 bridgehead atoms. The Morgan fingerprint density at radius 1 is 1.11 bits per heavy atom. The minimum absolute atomic E-state index is 0.101. The number of pyridine rings is 1. The molecule has 14 heteroatoms. The number of fused-ring (bicyclic) bond motifs is 2. The Morgan fingerprint density at radius 3 is 2.54 bits per heavy atom. The number of aromatic nitrogens is 5. The summed E-state index contributed by atoms with van der Waals surface area (Å²) in [6.07, 6.45) is 3.91. The molecule has 6 rings (SSSR count). The zero-order valence-corrected chi connectivity index (χ0v) is 27.3. The van der Waals surface area contributed by atoms with Crippen molar-refractivity contribution >= 4 is 56.2 Å². The molecule has 3 aromatic heterocycles. The number of amides is 2. The van der Waals surface area contributed by atoms with Gasteiger partial charge in [-0.3, -0.25) is 19.1 Å². The van der Waals surface area contributed by atoms with Gasteiger partial charge in [0.25, 0.3) is 0 Å². The Kier molecular flexibility index (Phi) is 8.42. The number of Topliss-reactive ketones (excluding diaryl/α,β-unsaturated/α-hetero) is 1. The van der Waals surface area contributed by atoms with Crippen molar-refractivity contribution in [1.29, 1.82) is 0 Å². The molecule has 4 atom stereocenters. The molecule has 4 aromatic rings. The van der Waals surface area contributed by atoms with Crippen LogP contribution in [0.15, 0.2) is 47.3 Å². The Hall–Kier alpha value is -4.56. The number of carbonyl (C=O) groups excluding carboxylic acids is 4. The lowest BCUT2D eigenvalue weighted by molar-refractivity contribution is -0.138. The second kappa shape index (κ2) is 12.3. The van der Waals surface area contributed by atoms with Gasteiger partial charge in [0, 0.05) is 36.8 Å². The van der Waals surface area contributed by atoms with E-state index in [0.717, 1.165) is 12.0 Å². The Balaban J connectivity index is 1.21. The van der Waals surface area contributed by atoms with Crippen molar-refractivity contribution in [2.24, 2.45) is 23.5 Å². The number of nitrogens with one attached hydrogen (secondary N) is 1. The van der Waals surface area contributed by atoms with E-state index < -0.39 is 18.1 Å². The van der Waals surface area contributed by atoms with Gasteiger partial charge in [0.2, 0.25) is 11.8 Å². The zero-order valence-electron chi connectivity index (χ0n) is 25.7. The summed E-state index contributed by atoms with van der Waals surface area (Å²) >= 11 is 3.34. The highest BCUT2D eigenvalue weighted by Gasteiger charge is 2.56. The number of benzene rings is 1. The van der Waals surface area contributed by atoms with Crippen molar-refractivity contribution in [1.82, 2.24) is 29.6 Å². The van der Waals surface area contributed by atoms with E-state index in [1.807, 2.05) is 32.9 Å². The average molecular weight is 690 g/mol. The molecule has 1 saturated heterocycles. The second-order valence-electron chi connectivity index (χ2n) is 12.2. The minimum atomic E-state index is -0.795.